The van der Waals surface area contributed by atoms with E-state index in [0.29, 0.717) is 23.3 Å². The molecule has 116 valence electrons. The average Bonchev–Trinajstić information content (AvgIpc) is 2.69. The van der Waals surface area contributed by atoms with E-state index < -0.39 is 0 Å². The van der Waals surface area contributed by atoms with Crippen molar-refractivity contribution in [3.05, 3.63) is 22.5 Å². The number of ketones is 1. The molecule has 0 spiro atoms. The first-order valence-electron chi connectivity index (χ1n) is 7.62. The number of Topliss-reactive ketones (excluding diaryl/α,β-unsaturated/α-hetero) is 1. The summed E-state index contributed by atoms with van der Waals surface area (Å²) in [5.41, 5.74) is 5.61. The fourth-order valence-corrected chi connectivity index (χ4v) is 3.32. The second kappa shape index (κ2) is 6.02. The lowest BCUT2D eigenvalue weighted by molar-refractivity contribution is 0.0366. The van der Waals surface area contributed by atoms with Crippen molar-refractivity contribution >= 4 is 11.7 Å². The van der Waals surface area contributed by atoms with Gasteiger partial charge in [-0.15, -0.1) is 0 Å². The summed E-state index contributed by atoms with van der Waals surface area (Å²) < 4.78 is 0. The van der Waals surface area contributed by atoms with Crippen molar-refractivity contribution in [3.63, 3.8) is 0 Å². The Balaban J connectivity index is 2.21. The maximum absolute atomic E-state index is 12.5. The first-order valence-corrected chi connectivity index (χ1v) is 7.62. The standard InChI is InChI=1S/C16H25N3O2/c1-9-7-6-8-10(2)19(9)18-16(21)15-11(3)14(13(5)20)12(4)17-15/h9-10,17H,6-8H2,1-5H3,(H,18,21)/t9-,10+. The van der Waals surface area contributed by atoms with E-state index in [1.165, 1.54) is 13.3 Å². The highest BCUT2D eigenvalue weighted by molar-refractivity contribution is 6.02. The molecule has 0 aromatic carbocycles. The van der Waals surface area contributed by atoms with Crippen molar-refractivity contribution in [2.24, 2.45) is 0 Å². The summed E-state index contributed by atoms with van der Waals surface area (Å²) in [7, 11) is 0. The molecule has 1 aromatic rings. The van der Waals surface area contributed by atoms with Crippen LogP contribution < -0.4 is 5.43 Å². The fraction of sp³-hybridized carbons (Fsp3) is 0.625. The maximum atomic E-state index is 12.5. The van der Waals surface area contributed by atoms with Crippen LogP contribution in [0.4, 0.5) is 0 Å². The normalized spacial score (nSPS) is 23.1. The number of carbonyl (C=O) groups is 2. The molecule has 0 radical (unpaired) electrons. The highest BCUT2D eigenvalue weighted by Gasteiger charge is 2.28. The molecule has 2 atom stereocenters. The van der Waals surface area contributed by atoms with Crippen LogP contribution in [-0.4, -0.2) is 33.8 Å². The van der Waals surface area contributed by atoms with E-state index in [4.69, 9.17) is 0 Å². The Morgan fingerprint density at radius 3 is 2.24 bits per heavy atom. The molecule has 2 rings (SSSR count). The van der Waals surface area contributed by atoms with Crippen LogP contribution in [0.2, 0.25) is 0 Å². The van der Waals surface area contributed by atoms with Crippen molar-refractivity contribution in [1.82, 2.24) is 15.4 Å². The lowest BCUT2D eigenvalue weighted by atomic mass is 10.00. The third kappa shape index (κ3) is 3.02. The maximum Gasteiger partial charge on any atom is 0.282 e. The molecule has 0 aliphatic carbocycles. The Kier molecular flexibility index (Phi) is 4.52. The van der Waals surface area contributed by atoms with Crippen LogP contribution in [0.15, 0.2) is 0 Å². The highest BCUT2D eigenvalue weighted by atomic mass is 16.2. The van der Waals surface area contributed by atoms with Crippen LogP contribution in [0, 0.1) is 13.8 Å². The number of aromatic nitrogens is 1. The summed E-state index contributed by atoms with van der Waals surface area (Å²) in [4.78, 5) is 27.2. The van der Waals surface area contributed by atoms with E-state index in [-0.39, 0.29) is 11.7 Å². The largest absolute Gasteiger partial charge is 0.354 e. The number of piperidine rings is 1. The molecular formula is C16H25N3O2. The van der Waals surface area contributed by atoms with Crippen LogP contribution in [0.25, 0.3) is 0 Å². The first-order chi connectivity index (χ1) is 9.82. The number of nitrogens with one attached hydrogen (secondary N) is 2. The van der Waals surface area contributed by atoms with Crippen LogP contribution >= 0.6 is 0 Å². The van der Waals surface area contributed by atoms with E-state index in [2.05, 4.69) is 24.3 Å². The summed E-state index contributed by atoms with van der Waals surface area (Å²) in [5, 5.41) is 2.04. The quantitative estimate of drug-likeness (QED) is 0.842. The SMILES string of the molecule is CC(=O)c1c(C)[nH]c(C(=O)NN2[C@H](C)CCC[C@@H]2C)c1C. The Morgan fingerprint density at radius 1 is 1.19 bits per heavy atom. The summed E-state index contributed by atoms with van der Waals surface area (Å²) >= 11 is 0. The topological polar surface area (TPSA) is 65.2 Å². The van der Waals surface area contributed by atoms with Gasteiger partial charge in [-0.25, -0.2) is 5.01 Å². The molecule has 1 aliphatic rings. The molecule has 2 N–H and O–H groups in total. The van der Waals surface area contributed by atoms with Gasteiger partial charge in [0.2, 0.25) is 0 Å². The van der Waals surface area contributed by atoms with Gasteiger partial charge in [0.25, 0.3) is 5.91 Å². The summed E-state index contributed by atoms with van der Waals surface area (Å²) in [6.07, 6.45) is 3.38. The molecule has 2 heterocycles. The van der Waals surface area contributed by atoms with Gasteiger partial charge in [0.1, 0.15) is 5.69 Å². The molecule has 0 saturated carbocycles. The van der Waals surface area contributed by atoms with Gasteiger partial charge in [-0.05, 0) is 53.0 Å². The molecule has 5 nitrogen and oxygen atoms in total. The number of hydrogen-bond acceptors (Lipinski definition) is 3. The summed E-state index contributed by atoms with van der Waals surface area (Å²) in [5.74, 6) is -0.177. The van der Waals surface area contributed by atoms with Gasteiger partial charge >= 0.3 is 0 Å². The third-order valence-electron chi connectivity index (χ3n) is 4.44. The van der Waals surface area contributed by atoms with Crippen molar-refractivity contribution in [2.45, 2.75) is 66.0 Å². The van der Waals surface area contributed by atoms with Crippen molar-refractivity contribution in [1.29, 1.82) is 0 Å². The van der Waals surface area contributed by atoms with Gasteiger partial charge < -0.3 is 4.98 Å². The number of H-pyrrole nitrogens is 1. The number of carbonyl (C=O) groups excluding carboxylic acids is 2. The molecule has 1 amide bonds. The van der Waals surface area contributed by atoms with E-state index in [9.17, 15) is 9.59 Å². The molecule has 0 unspecified atom stereocenters. The number of aryl methyl sites for hydroxylation is 1. The molecule has 1 aliphatic heterocycles. The second-order valence-corrected chi connectivity index (χ2v) is 6.16. The third-order valence-corrected chi connectivity index (χ3v) is 4.44. The van der Waals surface area contributed by atoms with Gasteiger partial charge in [-0.2, -0.15) is 0 Å². The Morgan fingerprint density at radius 2 is 1.76 bits per heavy atom. The monoisotopic (exact) mass is 291 g/mol. The predicted octanol–water partition coefficient (Wildman–Crippen LogP) is 2.74. The average molecular weight is 291 g/mol. The van der Waals surface area contributed by atoms with E-state index >= 15 is 0 Å². The zero-order valence-corrected chi connectivity index (χ0v) is 13.5. The lowest BCUT2D eigenvalue weighted by Gasteiger charge is -2.38. The smallest absolute Gasteiger partial charge is 0.282 e. The Hall–Kier alpha value is -1.62. The van der Waals surface area contributed by atoms with Crippen molar-refractivity contribution in [2.75, 3.05) is 0 Å². The second-order valence-electron chi connectivity index (χ2n) is 6.16. The van der Waals surface area contributed by atoms with Gasteiger partial charge in [-0.3, -0.25) is 15.0 Å². The van der Waals surface area contributed by atoms with Crippen LogP contribution in [0.5, 0.6) is 0 Å². The van der Waals surface area contributed by atoms with Gasteiger partial charge in [0.15, 0.2) is 5.78 Å². The van der Waals surface area contributed by atoms with Crippen molar-refractivity contribution in [3.8, 4) is 0 Å². The number of rotatable bonds is 3. The minimum absolute atomic E-state index is 0.0139. The van der Waals surface area contributed by atoms with Gasteiger partial charge in [0, 0.05) is 23.3 Å². The molecule has 1 aromatic heterocycles. The molecule has 21 heavy (non-hydrogen) atoms. The van der Waals surface area contributed by atoms with Crippen LogP contribution in [0.3, 0.4) is 0 Å². The number of amides is 1. The number of aromatic amines is 1. The Labute approximate surface area is 126 Å². The van der Waals surface area contributed by atoms with E-state index in [1.54, 1.807) is 0 Å². The highest BCUT2D eigenvalue weighted by Crippen LogP contribution is 2.22. The molecule has 5 heteroatoms. The Bertz CT molecular complexity index is 552. The zero-order chi connectivity index (χ0) is 15.7. The van der Waals surface area contributed by atoms with Gasteiger partial charge in [0.05, 0.1) is 0 Å². The zero-order valence-electron chi connectivity index (χ0n) is 13.5. The first kappa shape index (κ1) is 15.8. The number of nitrogens with zero attached hydrogens (tertiary/aromatic N) is 1. The number of hydrazine groups is 1. The fourth-order valence-electron chi connectivity index (χ4n) is 3.32. The van der Waals surface area contributed by atoms with E-state index in [1.807, 2.05) is 18.9 Å². The summed E-state index contributed by atoms with van der Waals surface area (Å²) in [6.45, 7) is 9.43. The minimum Gasteiger partial charge on any atom is -0.354 e. The van der Waals surface area contributed by atoms with E-state index in [0.717, 1.165) is 24.1 Å². The lowest BCUT2D eigenvalue weighted by Crippen LogP contribution is -2.54. The van der Waals surface area contributed by atoms with Crippen LogP contribution in [0.1, 0.15) is 72.1 Å². The molecule has 0 bridgehead atoms. The van der Waals surface area contributed by atoms with Crippen LogP contribution in [-0.2, 0) is 0 Å². The van der Waals surface area contributed by atoms with Crippen molar-refractivity contribution < 1.29 is 9.59 Å². The summed E-state index contributed by atoms with van der Waals surface area (Å²) in [6, 6.07) is 0.669. The predicted molar refractivity (Wildman–Crippen MR) is 82.4 cm³/mol. The molecule has 1 saturated heterocycles. The minimum atomic E-state index is -0.163. The van der Waals surface area contributed by atoms with Gasteiger partial charge in [-0.1, -0.05) is 6.42 Å². The number of hydrogen-bond donors (Lipinski definition) is 2. The molecular weight excluding hydrogens is 266 g/mol. The molecule has 1 fully saturated rings.